The fraction of sp³-hybridized carbons (Fsp3) is 0.692. The summed E-state index contributed by atoms with van der Waals surface area (Å²) in [6.45, 7) is 3.51. The summed E-state index contributed by atoms with van der Waals surface area (Å²) < 4.78 is 5.09. The molecule has 1 fully saturated rings. The van der Waals surface area contributed by atoms with Crippen molar-refractivity contribution in [3.63, 3.8) is 0 Å². The summed E-state index contributed by atoms with van der Waals surface area (Å²) in [6, 6.07) is 0.594. The van der Waals surface area contributed by atoms with Crippen LogP contribution in [-0.2, 0) is 11.3 Å². The summed E-state index contributed by atoms with van der Waals surface area (Å²) in [6.07, 6.45) is 5.97. The minimum atomic E-state index is 0.410. The third-order valence-electron chi connectivity index (χ3n) is 3.46. The molecule has 0 N–H and O–H groups in total. The molecule has 0 aromatic carbocycles. The van der Waals surface area contributed by atoms with E-state index < -0.39 is 0 Å². The Labute approximate surface area is 112 Å². The van der Waals surface area contributed by atoms with Crippen LogP contribution < -0.4 is 4.90 Å². The molecule has 5 heteroatoms. The molecule has 2 rings (SSSR count). The van der Waals surface area contributed by atoms with Crippen molar-refractivity contribution in [2.45, 2.75) is 45.3 Å². The Morgan fingerprint density at radius 3 is 2.78 bits per heavy atom. The van der Waals surface area contributed by atoms with E-state index in [9.17, 15) is 4.79 Å². The van der Waals surface area contributed by atoms with Gasteiger partial charge in [0.2, 0.25) is 0 Å². The first-order chi connectivity index (χ1) is 8.80. The maximum Gasteiger partial charge on any atom is 0.186 e. The van der Waals surface area contributed by atoms with Gasteiger partial charge < -0.3 is 9.64 Å². The van der Waals surface area contributed by atoms with Crippen LogP contribution in [-0.4, -0.2) is 31.0 Å². The van der Waals surface area contributed by atoms with Crippen LogP contribution in [0.15, 0.2) is 0 Å². The van der Waals surface area contributed by atoms with Gasteiger partial charge in [-0.25, -0.2) is 4.98 Å². The van der Waals surface area contributed by atoms with E-state index in [-0.39, 0.29) is 0 Å². The lowest BCUT2D eigenvalue weighted by molar-refractivity contribution is 0.112. The van der Waals surface area contributed by atoms with Crippen molar-refractivity contribution >= 4 is 22.8 Å². The van der Waals surface area contributed by atoms with Crippen molar-refractivity contribution in [1.82, 2.24) is 4.98 Å². The molecule has 0 bridgehead atoms. The molecule has 18 heavy (non-hydrogen) atoms. The number of ether oxygens (including phenoxy) is 1. The maximum atomic E-state index is 11.0. The van der Waals surface area contributed by atoms with Gasteiger partial charge in [0, 0.05) is 19.7 Å². The van der Waals surface area contributed by atoms with Gasteiger partial charge in [-0.2, -0.15) is 0 Å². The van der Waals surface area contributed by atoms with Crippen LogP contribution in [0.5, 0.6) is 0 Å². The molecule has 1 saturated carbocycles. The molecule has 4 nitrogen and oxygen atoms in total. The fourth-order valence-electron chi connectivity index (χ4n) is 2.57. The van der Waals surface area contributed by atoms with Crippen molar-refractivity contribution in [2.75, 3.05) is 18.6 Å². The molecular weight excluding hydrogens is 248 g/mol. The highest BCUT2D eigenvalue weighted by atomic mass is 32.1. The second-order valence-corrected chi connectivity index (χ2v) is 5.59. The van der Waals surface area contributed by atoms with Crippen molar-refractivity contribution in [1.29, 1.82) is 0 Å². The average Bonchev–Trinajstić information content (AvgIpc) is 3.01. The zero-order valence-electron chi connectivity index (χ0n) is 11.0. The first kappa shape index (κ1) is 13.5. The Morgan fingerprint density at radius 2 is 2.22 bits per heavy atom. The summed E-state index contributed by atoms with van der Waals surface area (Å²) in [5.41, 5.74) is 0.768. The lowest BCUT2D eigenvalue weighted by Gasteiger charge is -2.26. The molecule has 0 aliphatic heterocycles. The Morgan fingerprint density at radius 1 is 1.50 bits per heavy atom. The Bertz CT molecular complexity index is 400. The second kappa shape index (κ2) is 6.29. The highest BCUT2D eigenvalue weighted by molar-refractivity contribution is 7.17. The van der Waals surface area contributed by atoms with Gasteiger partial charge in [0.05, 0.1) is 17.2 Å². The summed E-state index contributed by atoms with van der Waals surface area (Å²) in [5.74, 6) is 0. The number of methoxy groups -OCH3 is 1. The van der Waals surface area contributed by atoms with Crippen LogP contribution in [0, 0.1) is 0 Å². The average molecular weight is 268 g/mol. The van der Waals surface area contributed by atoms with Crippen molar-refractivity contribution in [2.24, 2.45) is 0 Å². The van der Waals surface area contributed by atoms with Crippen LogP contribution in [0.4, 0.5) is 5.13 Å². The number of aromatic nitrogens is 1. The molecule has 1 heterocycles. The van der Waals surface area contributed by atoms with E-state index in [0.717, 1.165) is 23.7 Å². The lowest BCUT2D eigenvalue weighted by Crippen LogP contribution is -2.32. The van der Waals surface area contributed by atoms with Crippen LogP contribution >= 0.6 is 11.3 Å². The standard InChI is InChI=1S/C13H20N2O2S/c1-3-15(10-6-4-5-7-10)13-14-11(9-17-2)12(8-16)18-13/h8,10H,3-7,9H2,1-2H3. The van der Waals surface area contributed by atoms with Crippen molar-refractivity contribution < 1.29 is 9.53 Å². The van der Waals surface area contributed by atoms with Crippen molar-refractivity contribution in [3.05, 3.63) is 10.6 Å². The molecule has 0 amide bonds. The smallest absolute Gasteiger partial charge is 0.186 e. The van der Waals surface area contributed by atoms with Gasteiger partial charge in [-0.05, 0) is 19.8 Å². The minimum Gasteiger partial charge on any atom is -0.378 e. The van der Waals surface area contributed by atoms with E-state index in [1.807, 2.05) is 0 Å². The van der Waals surface area contributed by atoms with Crippen LogP contribution in [0.3, 0.4) is 0 Å². The molecule has 1 aromatic rings. The number of hydrogen-bond donors (Lipinski definition) is 0. The largest absolute Gasteiger partial charge is 0.378 e. The van der Waals surface area contributed by atoms with Crippen LogP contribution in [0.2, 0.25) is 0 Å². The van der Waals surface area contributed by atoms with Crippen LogP contribution in [0.1, 0.15) is 48.0 Å². The number of anilines is 1. The Hall–Kier alpha value is -0.940. The van der Waals surface area contributed by atoms with Crippen LogP contribution in [0.25, 0.3) is 0 Å². The molecule has 1 aliphatic rings. The topological polar surface area (TPSA) is 42.4 Å². The molecule has 1 aromatic heterocycles. The zero-order chi connectivity index (χ0) is 13.0. The number of carbonyl (C=O) groups is 1. The number of hydrogen-bond acceptors (Lipinski definition) is 5. The number of thiazole rings is 1. The number of aldehydes is 1. The van der Waals surface area contributed by atoms with Gasteiger partial charge in [0.25, 0.3) is 0 Å². The summed E-state index contributed by atoms with van der Waals surface area (Å²) in [7, 11) is 1.63. The number of rotatable bonds is 6. The fourth-order valence-corrected chi connectivity index (χ4v) is 3.59. The summed E-state index contributed by atoms with van der Waals surface area (Å²) >= 11 is 1.49. The first-order valence-electron chi connectivity index (χ1n) is 6.50. The van der Waals surface area contributed by atoms with E-state index in [0.29, 0.717) is 17.5 Å². The normalized spacial score (nSPS) is 16.1. The highest BCUT2D eigenvalue weighted by Crippen LogP contribution is 2.32. The van der Waals surface area contributed by atoms with Crippen molar-refractivity contribution in [3.8, 4) is 0 Å². The van der Waals surface area contributed by atoms with Gasteiger partial charge in [0.15, 0.2) is 11.4 Å². The van der Waals surface area contributed by atoms with E-state index in [4.69, 9.17) is 4.74 Å². The third kappa shape index (κ3) is 2.72. The van der Waals surface area contributed by atoms with E-state index in [1.54, 1.807) is 7.11 Å². The quantitative estimate of drug-likeness (QED) is 0.744. The molecule has 100 valence electrons. The van der Waals surface area contributed by atoms with Gasteiger partial charge in [-0.3, -0.25) is 4.79 Å². The van der Waals surface area contributed by atoms with E-state index >= 15 is 0 Å². The Kier molecular flexibility index (Phi) is 4.72. The van der Waals surface area contributed by atoms with E-state index in [2.05, 4.69) is 16.8 Å². The predicted molar refractivity (Wildman–Crippen MR) is 73.5 cm³/mol. The van der Waals surface area contributed by atoms with Gasteiger partial charge in [0.1, 0.15) is 0 Å². The molecule has 1 aliphatic carbocycles. The summed E-state index contributed by atoms with van der Waals surface area (Å²) in [5, 5.41) is 0.971. The summed E-state index contributed by atoms with van der Waals surface area (Å²) in [4.78, 5) is 18.7. The van der Waals surface area contributed by atoms with Gasteiger partial charge in [-0.15, -0.1) is 0 Å². The molecular formula is C13H20N2O2S. The zero-order valence-corrected chi connectivity index (χ0v) is 11.8. The molecule has 0 atom stereocenters. The Balaban J connectivity index is 2.21. The number of nitrogens with zero attached hydrogens (tertiary/aromatic N) is 2. The minimum absolute atomic E-state index is 0.410. The van der Waals surface area contributed by atoms with Gasteiger partial charge in [-0.1, -0.05) is 24.2 Å². The maximum absolute atomic E-state index is 11.0. The lowest BCUT2D eigenvalue weighted by atomic mass is 10.2. The van der Waals surface area contributed by atoms with Gasteiger partial charge >= 0.3 is 0 Å². The second-order valence-electron chi connectivity index (χ2n) is 4.58. The number of carbonyl (C=O) groups excluding carboxylic acids is 1. The monoisotopic (exact) mass is 268 g/mol. The first-order valence-corrected chi connectivity index (χ1v) is 7.32. The SMILES string of the molecule is CCN(c1nc(COC)c(C=O)s1)C1CCCC1. The predicted octanol–water partition coefficient (Wildman–Crippen LogP) is 2.87. The molecule has 0 saturated heterocycles. The molecule has 0 radical (unpaired) electrons. The molecule has 0 unspecified atom stereocenters. The third-order valence-corrected chi connectivity index (χ3v) is 4.52. The molecule has 0 spiro atoms. The van der Waals surface area contributed by atoms with E-state index in [1.165, 1.54) is 37.0 Å². The highest BCUT2D eigenvalue weighted by Gasteiger charge is 2.24.